The van der Waals surface area contributed by atoms with Crippen molar-refractivity contribution in [3.8, 4) is 11.3 Å². The van der Waals surface area contributed by atoms with E-state index in [0.717, 1.165) is 66.1 Å². The molecule has 5 heteroatoms. The van der Waals surface area contributed by atoms with Crippen LogP contribution in [0.4, 0.5) is 0 Å². The van der Waals surface area contributed by atoms with Gasteiger partial charge in [0.15, 0.2) is 0 Å². The maximum atomic E-state index is 13.0. The fourth-order valence-corrected chi connectivity index (χ4v) is 4.53. The first-order chi connectivity index (χ1) is 12.7. The highest BCUT2D eigenvalue weighted by Gasteiger charge is 2.32. The molecule has 5 rings (SSSR count). The van der Waals surface area contributed by atoms with Crippen LogP contribution < -0.4 is 0 Å². The van der Waals surface area contributed by atoms with Crippen LogP contribution in [-0.4, -0.2) is 48.2 Å². The maximum absolute atomic E-state index is 13.0. The van der Waals surface area contributed by atoms with Crippen LogP contribution in [0, 0.1) is 0 Å². The summed E-state index contributed by atoms with van der Waals surface area (Å²) in [6, 6.07) is 14.2. The molecule has 0 aliphatic carbocycles. The van der Waals surface area contributed by atoms with Crippen molar-refractivity contribution in [3.63, 3.8) is 0 Å². The van der Waals surface area contributed by atoms with Gasteiger partial charge in [-0.15, -0.1) is 0 Å². The van der Waals surface area contributed by atoms with E-state index in [1.807, 2.05) is 34.9 Å². The van der Waals surface area contributed by atoms with E-state index >= 15 is 0 Å². The van der Waals surface area contributed by atoms with Crippen molar-refractivity contribution in [1.82, 2.24) is 9.47 Å². The third kappa shape index (κ3) is 2.46. The number of morpholine rings is 1. The summed E-state index contributed by atoms with van der Waals surface area (Å²) in [5.41, 5.74) is 5.21. The zero-order valence-electron chi connectivity index (χ0n) is 14.4. The minimum atomic E-state index is 0.0838. The van der Waals surface area contributed by atoms with Gasteiger partial charge in [0.05, 0.1) is 24.4 Å². The number of carbonyl (C=O) groups excluding carboxylic acids is 1. The molecule has 0 bridgehead atoms. The van der Waals surface area contributed by atoms with E-state index in [-0.39, 0.29) is 5.91 Å². The predicted octanol–water partition coefficient (Wildman–Crippen LogP) is 3.95. The van der Waals surface area contributed by atoms with Crippen molar-refractivity contribution in [2.45, 2.75) is 6.42 Å². The zero-order valence-corrected chi connectivity index (χ0v) is 16.0. The Labute approximate surface area is 160 Å². The van der Waals surface area contributed by atoms with Crippen molar-refractivity contribution in [2.24, 2.45) is 0 Å². The smallest absolute Gasteiger partial charge is 0.263 e. The highest BCUT2D eigenvalue weighted by Crippen LogP contribution is 2.41. The number of halogens is 1. The van der Waals surface area contributed by atoms with Gasteiger partial charge in [-0.05, 0) is 36.2 Å². The van der Waals surface area contributed by atoms with Gasteiger partial charge in [-0.3, -0.25) is 14.3 Å². The monoisotopic (exact) mass is 410 g/mol. The third-order valence-corrected chi connectivity index (χ3v) is 5.92. The zero-order chi connectivity index (χ0) is 17.7. The lowest BCUT2D eigenvalue weighted by atomic mass is 10.00. The number of hydrogen-bond acceptors (Lipinski definition) is 3. The van der Waals surface area contributed by atoms with E-state index in [1.54, 1.807) is 0 Å². The number of aromatic nitrogens is 1. The van der Waals surface area contributed by atoms with Gasteiger partial charge in [0.1, 0.15) is 0 Å². The molecule has 1 fully saturated rings. The molecule has 2 aromatic carbocycles. The van der Waals surface area contributed by atoms with Gasteiger partial charge >= 0.3 is 0 Å². The number of benzene rings is 2. The fourth-order valence-electron chi connectivity index (χ4n) is 4.17. The standard InChI is InChI=1S/C21H19BrN2O2/c22-14-5-6-19-18(13-14)16(7-8-23-9-11-26-12-10-23)20-15-3-1-2-4-17(15)21(25)24(19)20/h1-6,13H,7-12H2. The lowest BCUT2D eigenvalue weighted by Gasteiger charge is -2.26. The molecule has 1 aromatic heterocycles. The van der Waals surface area contributed by atoms with E-state index in [9.17, 15) is 4.79 Å². The quantitative estimate of drug-likeness (QED) is 0.512. The molecule has 2 aliphatic rings. The van der Waals surface area contributed by atoms with Crippen molar-refractivity contribution in [3.05, 3.63) is 58.1 Å². The molecule has 0 amide bonds. The molecule has 4 nitrogen and oxygen atoms in total. The Hall–Kier alpha value is -1.95. The summed E-state index contributed by atoms with van der Waals surface area (Å²) in [6.07, 6.45) is 0.927. The van der Waals surface area contributed by atoms with Crippen LogP contribution in [0.1, 0.15) is 15.9 Å². The Morgan fingerprint density at radius 2 is 1.81 bits per heavy atom. The number of carbonyl (C=O) groups is 1. The molecule has 3 aromatic rings. The van der Waals surface area contributed by atoms with E-state index in [2.05, 4.69) is 33.0 Å². The topological polar surface area (TPSA) is 34.5 Å². The SMILES string of the molecule is O=C1c2ccccc2-c2c(CCN3CCOCC3)c3cc(Br)ccc3n21. The summed E-state index contributed by atoms with van der Waals surface area (Å²) in [4.78, 5) is 15.5. The van der Waals surface area contributed by atoms with Gasteiger partial charge in [-0.2, -0.15) is 0 Å². The van der Waals surface area contributed by atoms with Crippen LogP contribution in [0.5, 0.6) is 0 Å². The van der Waals surface area contributed by atoms with Gasteiger partial charge < -0.3 is 4.74 Å². The Bertz CT molecular complexity index is 1020. The van der Waals surface area contributed by atoms with Gasteiger partial charge in [0, 0.05) is 40.6 Å². The van der Waals surface area contributed by atoms with Crippen molar-refractivity contribution >= 4 is 32.7 Å². The molecule has 2 aliphatic heterocycles. The van der Waals surface area contributed by atoms with Crippen LogP contribution in [0.25, 0.3) is 22.2 Å². The van der Waals surface area contributed by atoms with E-state index in [1.165, 1.54) is 10.9 Å². The predicted molar refractivity (Wildman–Crippen MR) is 106 cm³/mol. The summed E-state index contributed by atoms with van der Waals surface area (Å²) in [7, 11) is 0. The van der Waals surface area contributed by atoms with Crippen molar-refractivity contribution in [2.75, 3.05) is 32.8 Å². The molecule has 26 heavy (non-hydrogen) atoms. The second-order valence-electron chi connectivity index (χ2n) is 6.88. The van der Waals surface area contributed by atoms with Crippen molar-refractivity contribution < 1.29 is 9.53 Å². The van der Waals surface area contributed by atoms with Crippen LogP contribution in [-0.2, 0) is 11.2 Å². The number of fused-ring (bicyclic) bond motifs is 5. The second kappa shape index (κ2) is 6.34. The molecule has 0 unspecified atom stereocenters. The number of nitrogens with zero attached hydrogens (tertiary/aromatic N) is 2. The minimum Gasteiger partial charge on any atom is -0.379 e. The van der Waals surface area contributed by atoms with E-state index in [0.29, 0.717) is 0 Å². The highest BCUT2D eigenvalue weighted by molar-refractivity contribution is 9.10. The molecule has 0 saturated carbocycles. The molecular formula is C21H19BrN2O2. The first kappa shape index (κ1) is 16.2. The largest absolute Gasteiger partial charge is 0.379 e. The Morgan fingerprint density at radius 3 is 2.62 bits per heavy atom. The lowest BCUT2D eigenvalue weighted by Crippen LogP contribution is -2.37. The van der Waals surface area contributed by atoms with E-state index < -0.39 is 0 Å². The average molecular weight is 411 g/mol. The average Bonchev–Trinajstić information content (AvgIpc) is 3.14. The van der Waals surface area contributed by atoms with Gasteiger partial charge in [-0.1, -0.05) is 34.1 Å². The first-order valence-electron chi connectivity index (χ1n) is 9.01. The van der Waals surface area contributed by atoms with Crippen LogP contribution in [0.2, 0.25) is 0 Å². The molecule has 0 N–H and O–H groups in total. The summed E-state index contributed by atoms with van der Waals surface area (Å²) in [6.45, 7) is 4.56. The fraction of sp³-hybridized carbons (Fsp3) is 0.286. The summed E-state index contributed by atoms with van der Waals surface area (Å²) < 4.78 is 8.41. The van der Waals surface area contributed by atoms with Gasteiger partial charge in [0.25, 0.3) is 5.91 Å². The lowest BCUT2D eigenvalue weighted by molar-refractivity contribution is 0.0385. The summed E-state index contributed by atoms with van der Waals surface area (Å²) >= 11 is 3.59. The minimum absolute atomic E-state index is 0.0838. The molecular weight excluding hydrogens is 392 g/mol. The normalized spacial score (nSPS) is 16.9. The molecule has 0 radical (unpaired) electrons. The van der Waals surface area contributed by atoms with Crippen LogP contribution >= 0.6 is 15.9 Å². The van der Waals surface area contributed by atoms with Crippen LogP contribution in [0.3, 0.4) is 0 Å². The third-order valence-electron chi connectivity index (χ3n) is 5.43. The summed E-state index contributed by atoms with van der Waals surface area (Å²) in [5.74, 6) is 0.0838. The second-order valence-corrected chi connectivity index (χ2v) is 7.79. The number of ether oxygens (including phenoxy) is 1. The molecule has 0 atom stereocenters. The number of rotatable bonds is 3. The van der Waals surface area contributed by atoms with Crippen LogP contribution in [0.15, 0.2) is 46.9 Å². The summed E-state index contributed by atoms with van der Waals surface area (Å²) in [5, 5.41) is 1.17. The van der Waals surface area contributed by atoms with Gasteiger partial charge in [0.2, 0.25) is 0 Å². The first-order valence-corrected chi connectivity index (χ1v) is 9.80. The highest BCUT2D eigenvalue weighted by atomic mass is 79.9. The molecule has 0 spiro atoms. The Kier molecular flexibility index (Phi) is 3.96. The molecule has 1 saturated heterocycles. The molecule has 3 heterocycles. The maximum Gasteiger partial charge on any atom is 0.263 e. The molecule has 132 valence electrons. The Balaban J connectivity index is 1.65. The van der Waals surface area contributed by atoms with Crippen molar-refractivity contribution in [1.29, 1.82) is 0 Å². The number of hydrogen-bond donors (Lipinski definition) is 0. The van der Waals surface area contributed by atoms with E-state index in [4.69, 9.17) is 4.74 Å². The van der Waals surface area contributed by atoms with Gasteiger partial charge in [-0.25, -0.2) is 0 Å². The Morgan fingerprint density at radius 1 is 1.04 bits per heavy atom.